The molecule has 1 heterocycles. The maximum atomic E-state index is 5.83. The number of nitrogens with two attached hydrogens (primary N) is 1. The van der Waals surface area contributed by atoms with Crippen molar-refractivity contribution in [3.05, 3.63) is 23.8 Å². The molecule has 14 heavy (non-hydrogen) atoms. The summed E-state index contributed by atoms with van der Waals surface area (Å²) in [5.41, 5.74) is 8.87. The highest BCUT2D eigenvalue weighted by molar-refractivity contribution is 5.66. The van der Waals surface area contributed by atoms with Crippen LogP contribution in [0.2, 0.25) is 0 Å². The van der Waals surface area contributed by atoms with Gasteiger partial charge in [0.2, 0.25) is 0 Å². The molecular weight excluding hydrogens is 176 g/mol. The smallest absolute Gasteiger partial charge is 0.0769 e. The highest BCUT2D eigenvalue weighted by atomic mass is 16.5. The van der Waals surface area contributed by atoms with Crippen molar-refractivity contribution in [3.63, 3.8) is 0 Å². The Labute approximate surface area is 84.3 Å². The molecule has 2 rings (SSSR count). The number of anilines is 2. The fourth-order valence-corrected chi connectivity index (χ4v) is 1.49. The maximum Gasteiger partial charge on any atom is 0.0769 e. The molecule has 0 bridgehead atoms. The van der Waals surface area contributed by atoms with Crippen molar-refractivity contribution in [2.75, 3.05) is 24.2 Å². The third kappa shape index (κ3) is 1.99. The number of hydrogen-bond acceptors (Lipinski definition) is 3. The van der Waals surface area contributed by atoms with E-state index < -0.39 is 0 Å². The summed E-state index contributed by atoms with van der Waals surface area (Å²) in [6.45, 7) is 3.81. The van der Waals surface area contributed by atoms with Gasteiger partial charge in [-0.2, -0.15) is 0 Å². The monoisotopic (exact) mass is 192 g/mol. The summed E-state index contributed by atoms with van der Waals surface area (Å²) in [6.07, 6.45) is 1.52. The minimum Gasteiger partial charge on any atom is -0.397 e. The van der Waals surface area contributed by atoms with Gasteiger partial charge < -0.3 is 15.8 Å². The summed E-state index contributed by atoms with van der Waals surface area (Å²) < 4.78 is 5.32. The Balaban J connectivity index is 1.96. The predicted molar refractivity (Wildman–Crippen MR) is 58.4 cm³/mol. The zero-order valence-corrected chi connectivity index (χ0v) is 8.42. The van der Waals surface area contributed by atoms with Gasteiger partial charge in [0.15, 0.2) is 0 Å². The van der Waals surface area contributed by atoms with Gasteiger partial charge in [-0.3, -0.25) is 0 Å². The number of ether oxygens (including phenoxy) is 1. The van der Waals surface area contributed by atoms with E-state index in [4.69, 9.17) is 10.5 Å². The van der Waals surface area contributed by atoms with Crippen LogP contribution >= 0.6 is 0 Å². The van der Waals surface area contributed by atoms with Crippen LogP contribution < -0.4 is 11.1 Å². The van der Waals surface area contributed by atoms with Crippen LogP contribution in [0.4, 0.5) is 11.4 Å². The average Bonchev–Trinajstić information content (AvgIpc) is 2.08. The summed E-state index contributed by atoms with van der Waals surface area (Å²) in [7, 11) is 0. The van der Waals surface area contributed by atoms with Gasteiger partial charge in [0.25, 0.3) is 0 Å². The van der Waals surface area contributed by atoms with E-state index in [1.54, 1.807) is 0 Å². The van der Waals surface area contributed by atoms with Gasteiger partial charge in [0.05, 0.1) is 17.5 Å². The molecule has 3 heteroatoms. The molecule has 0 radical (unpaired) electrons. The van der Waals surface area contributed by atoms with Gasteiger partial charge in [0.1, 0.15) is 0 Å². The average molecular weight is 192 g/mol. The standard InChI is InChI=1S/C11H16N2O/c1-8-2-3-10(12)11(6-8)13-7-9-4-5-14-9/h2-3,6,9,13H,4-5,7,12H2,1H3. The highest BCUT2D eigenvalue weighted by Gasteiger charge is 2.17. The molecule has 0 aromatic heterocycles. The van der Waals surface area contributed by atoms with Gasteiger partial charge >= 0.3 is 0 Å². The zero-order chi connectivity index (χ0) is 9.97. The Morgan fingerprint density at radius 1 is 1.57 bits per heavy atom. The number of rotatable bonds is 3. The van der Waals surface area contributed by atoms with Crippen LogP contribution in [0.1, 0.15) is 12.0 Å². The van der Waals surface area contributed by atoms with Gasteiger partial charge in [-0.05, 0) is 31.0 Å². The Morgan fingerprint density at radius 3 is 3.00 bits per heavy atom. The summed E-state index contributed by atoms with van der Waals surface area (Å²) in [5, 5.41) is 3.31. The van der Waals surface area contributed by atoms with Crippen molar-refractivity contribution in [3.8, 4) is 0 Å². The molecule has 1 saturated heterocycles. The minimum absolute atomic E-state index is 0.370. The van der Waals surface area contributed by atoms with Crippen molar-refractivity contribution in [1.82, 2.24) is 0 Å². The summed E-state index contributed by atoms with van der Waals surface area (Å²) in [6, 6.07) is 6.01. The van der Waals surface area contributed by atoms with Crippen LogP contribution in [0.5, 0.6) is 0 Å². The molecule has 1 aromatic carbocycles. The van der Waals surface area contributed by atoms with E-state index in [9.17, 15) is 0 Å². The SMILES string of the molecule is Cc1ccc(N)c(NCC2CCO2)c1. The highest BCUT2D eigenvalue weighted by Crippen LogP contribution is 2.20. The van der Waals surface area contributed by atoms with Crippen LogP contribution in [-0.4, -0.2) is 19.3 Å². The van der Waals surface area contributed by atoms with Gasteiger partial charge in [-0.15, -0.1) is 0 Å². The zero-order valence-electron chi connectivity index (χ0n) is 8.42. The van der Waals surface area contributed by atoms with E-state index in [0.717, 1.165) is 30.9 Å². The van der Waals surface area contributed by atoms with E-state index in [1.807, 2.05) is 12.1 Å². The second-order valence-electron chi connectivity index (χ2n) is 3.75. The first kappa shape index (κ1) is 9.34. The second kappa shape index (κ2) is 3.88. The molecule has 0 amide bonds. The Bertz CT molecular complexity index is 321. The third-order valence-corrected chi connectivity index (χ3v) is 2.52. The van der Waals surface area contributed by atoms with E-state index >= 15 is 0 Å². The van der Waals surface area contributed by atoms with Crippen LogP contribution in [0.3, 0.4) is 0 Å². The van der Waals surface area contributed by atoms with Gasteiger partial charge in [-0.1, -0.05) is 6.07 Å². The molecule has 1 aliphatic rings. The molecule has 1 aromatic rings. The minimum atomic E-state index is 0.370. The Kier molecular flexibility index (Phi) is 2.59. The molecule has 1 fully saturated rings. The summed E-state index contributed by atoms with van der Waals surface area (Å²) in [5.74, 6) is 0. The molecule has 0 aliphatic carbocycles. The fourth-order valence-electron chi connectivity index (χ4n) is 1.49. The molecule has 1 atom stereocenters. The molecule has 0 saturated carbocycles. The Hall–Kier alpha value is -1.22. The second-order valence-corrected chi connectivity index (χ2v) is 3.75. The van der Waals surface area contributed by atoms with E-state index in [0.29, 0.717) is 6.10 Å². The first-order chi connectivity index (χ1) is 6.75. The molecule has 76 valence electrons. The number of nitrogen functional groups attached to an aromatic ring is 1. The van der Waals surface area contributed by atoms with Crippen LogP contribution in [0.25, 0.3) is 0 Å². The van der Waals surface area contributed by atoms with Crippen molar-refractivity contribution in [1.29, 1.82) is 0 Å². The normalized spacial score (nSPS) is 20.2. The van der Waals surface area contributed by atoms with Crippen molar-refractivity contribution >= 4 is 11.4 Å². The lowest BCUT2D eigenvalue weighted by atomic mass is 10.1. The van der Waals surface area contributed by atoms with E-state index in [2.05, 4.69) is 18.3 Å². The largest absolute Gasteiger partial charge is 0.397 e. The lowest BCUT2D eigenvalue weighted by Gasteiger charge is -2.27. The lowest BCUT2D eigenvalue weighted by Crippen LogP contribution is -2.33. The third-order valence-electron chi connectivity index (χ3n) is 2.52. The number of nitrogens with one attached hydrogen (secondary N) is 1. The quantitative estimate of drug-likeness (QED) is 0.718. The molecule has 3 N–H and O–H groups in total. The van der Waals surface area contributed by atoms with E-state index in [-0.39, 0.29) is 0 Å². The summed E-state index contributed by atoms with van der Waals surface area (Å²) in [4.78, 5) is 0. The first-order valence-electron chi connectivity index (χ1n) is 4.97. The van der Waals surface area contributed by atoms with Crippen molar-refractivity contribution < 1.29 is 4.74 Å². The predicted octanol–water partition coefficient (Wildman–Crippen LogP) is 1.78. The van der Waals surface area contributed by atoms with Crippen LogP contribution in [0.15, 0.2) is 18.2 Å². The van der Waals surface area contributed by atoms with Gasteiger partial charge in [0, 0.05) is 13.2 Å². The number of hydrogen-bond donors (Lipinski definition) is 2. The van der Waals surface area contributed by atoms with Crippen LogP contribution in [0, 0.1) is 6.92 Å². The van der Waals surface area contributed by atoms with Crippen molar-refractivity contribution in [2.24, 2.45) is 0 Å². The first-order valence-corrected chi connectivity index (χ1v) is 4.97. The number of benzene rings is 1. The fraction of sp³-hybridized carbons (Fsp3) is 0.455. The summed E-state index contributed by atoms with van der Waals surface area (Å²) >= 11 is 0. The van der Waals surface area contributed by atoms with Gasteiger partial charge in [-0.25, -0.2) is 0 Å². The topological polar surface area (TPSA) is 47.3 Å². The molecule has 1 aliphatic heterocycles. The maximum absolute atomic E-state index is 5.83. The molecule has 3 nitrogen and oxygen atoms in total. The number of aryl methyl sites for hydroxylation is 1. The van der Waals surface area contributed by atoms with Crippen molar-refractivity contribution in [2.45, 2.75) is 19.4 Å². The molecule has 1 unspecified atom stereocenters. The van der Waals surface area contributed by atoms with E-state index in [1.165, 1.54) is 5.56 Å². The molecule has 0 spiro atoms. The Morgan fingerprint density at radius 2 is 2.36 bits per heavy atom. The van der Waals surface area contributed by atoms with Crippen LogP contribution in [-0.2, 0) is 4.74 Å². The molecular formula is C11H16N2O. The lowest BCUT2D eigenvalue weighted by molar-refractivity contribution is -0.0410.